The molecule has 1 atom stereocenters. The van der Waals surface area contributed by atoms with Gasteiger partial charge in [0, 0.05) is 0 Å². The quantitative estimate of drug-likeness (QED) is 0.666. The number of urea groups is 1. The molecule has 0 aromatic heterocycles. The summed E-state index contributed by atoms with van der Waals surface area (Å²) in [5, 5.41) is 6.00. The molecule has 0 spiro atoms. The first-order valence-corrected chi connectivity index (χ1v) is 10.1. The van der Waals surface area contributed by atoms with E-state index in [9.17, 15) is 9.59 Å². The van der Waals surface area contributed by atoms with E-state index in [0.29, 0.717) is 19.3 Å². The summed E-state index contributed by atoms with van der Waals surface area (Å²) in [6, 6.07) is 19.4. The summed E-state index contributed by atoms with van der Waals surface area (Å²) in [5.74, 6) is -0.441. The van der Waals surface area contributed by atoms with Gasteiger partial charge in [0.1, 0.15) is 5.54 Å². The Morgan fingerprint density at radius 2 is 1.46 bits per heavy atom. The van der Waals surface area contributed by atoms with Crippen LogP contribution < -0.4 is 16.4 Å². The molecule has 1 aliphatic carbocycles. The van der Waals surface area contributed by atoms with Crippen LogP contribution in [0.3, 0.4) is 0 Å². The molecular formula is C23H29N3O2. The predicted octanol–water partition coefficient (Wildman–Crippen LogP) is 3.85. The maximum atomic E-state index is 12.9. The molecule has 2 aromatic carbocycles. The third-order valence-corrected chi connectivity index (χ3v) is 5.57. The average molecular weight is 380 g/mol. The summed E-state index contributed by atoms with van der Waals surface area (Å²) < 4.78 is 0. The van der Waals surface area contributed by atoms with Crippen molar-refractivity contribution in [2.45, 2.75) is 56.5 Å². The largest absolute Gasteiger partial charge is 0.368 e. The van der Waals surface area contributed by atoms with Gasteiger partial charge in [0.15, 0.2) is 0 Å². The topological polar surface area (TPSA) is 84.2 Å². The lowest BCUT2D eigenvalue weighted by Gasteiger charge is -2.31. The highest BCUT2D eigenvalue weighted by Gasteiger charge is 2.38. The van der Waals surface area contributed by atoms with E-state index in [1.54, 1.807) is 0 Å². The van der Waals surface area contributed by atoms with Gasteiger partial charge >= 0.3 is 6.03 Å². The van der Waals surface area contributed by atoms with Gasteiger partial charge in [-0.1, -0.05) is 86.3 Å². The molecule has 4 N–H and O–H groups in total. The maximum absolute atomic E-state index is 12.9. The Balaban J connectivity index is 1.75. The lowest BCUT2D eigenvalue weighted by molar-refractivity contribution is -0.124. The van der Waals surface area contributed by atoms with E-state index < -0.39 is 11.4 Å². The molecule has 0 aliphatic heterocycles. The van der Waals surface area contributed by atoms with Crippen LogP contribution in [0, 0.1) is 0 Å². The van der Waals surface area contributed by atoms with Crippen LogP contribution in [0.2, 0.25) is 0 Å². The number of nitrogens with one attached hydrogen (secondary N) is 2. The zero-order chi connectivity index (χ0) is 19.8. The minimum absolute atomic E-state index is 0.195. The molecule has 0 radical (unpaired) electrons. The zero-order valence-corrected chi connectivity index (χ0v) is 16.2. The van der Waals surface area contributed by atoms with E-state index in [-0.39, 0.29) is 12.1 Å². The first-order valence-electron chi connectivity index (χ1n) is 10.1. The molecule has 0 unspecified atom stereocenters. The fourth-order valence-electron chi connectivity index (χ4n) is 3.96. The summed E-state index contributed by atoms with van der Waals surface area (Å²) >= 11 is 0. The first kappa shape index (κ1) is 19.9. The molecule has 0 bridgehead atoms. The van der Waals surface area contributed by atoms with Crippen molar-refractivity contribution in [1.29, 1.82) is 0 Å². The number of benzene rings is 2. The molecule has 0 heterocycles. The molecule has 5 heteroatoms. The number of rotatable bonds is 6. The summed E-state index contributed by atoms with van der Waals surface area (Å²) in [6.45, 7) is 0. The zero-order valence-electron chi connectivity index (χ0n) is 16.2. The van der Waals surface area contributed by atoms with Gasteiger partial charge in [-0.25, -0.2) is 4.79 Å². The normalized spacial score (nSPS) is 17.1. The number of carbonyl (C=O) groups excluding carboxylic acids is 2. The van der Waals surface area contributed by atoms with E-state index in [4.69, 9.17) is 5.73 Å². The third kappa shape index (κ3) is 5.12. The number of hydrogen-bond donors (Lipinski definition) is 3. The third-order valence-electron chi connectivity index (χ3n) is 5.57. The summed E-state index contributed by atoms with van der Waals surface area (Å²) in [5.41, 5.74) is 6.91. The van der Waals surface area contributed by atoms with Crippen LogP contribution in [-0.4, -0.2) is 17.5 Å². The second kappa shape index (κ2) is 9.40. The number of amides is 3. The predicted molar refractivity (Wildman–Crippen MR) is 111 cm³/mol. The van der Waals surface area contributed by atoms with Crippen molar-refractivity contribution in [3.8, 4) is 0 Å². The van der Waals surface area contributed by atoms with E-state index in [1.807, 2.05) is 60.7 Å². The van der Waals surface area contributed by atoms with Crippen LogP contribution in [0.5, 0.6) is 0 Å². The Morgan fingerprint density at radius 3 is 2.04 bits per heavy atom. The van der Waals surface area contributed by atoms with Crippen LogP contribution in [0.15, 0.2) is 60.7 Å². The van der Waals surface area contributed by atoms with Crippen LogP contribution >= 0.6 is 0 Å². The monoisotopic (exact) mass is 379 g/mol. The Hall–Kier alpha value is -2.82. The number of carbonyl (C=O) groups is 2. The Kier molecular flexibility index (Phi) is 6.69. The van der Waals surface area contributed by atoms with Crippen LogP contribution in [0.1, 0.15) is 55.7 Å². The van der Waals surface area contributed by atoms with Crippen LogP contribution in [0.4, 0.5) is 4.79 Å². The fraction of sp³-hybridized carbons (Fsp3) is 0.391. The van der Waals surface area contributed by atoms with Crippen molar-refractivity contribution in [3.05, 3.63) is 71.8 Å². The molecule has 0 saturated heterocycles. The molecule has 3 amide bonds. The van der Waals surface area contributed by atoms with Gasteiger partial charge in [-0.05, 0) is 30.4 Å². The molecule has 1 saturated carbocycles. The van der Waals surface area contributed by atoms with Gasteiger partial charge in [0.2, 0.25) is 5.91 Å². The minimum atomic E-state index is -0.950. The molecule has 28 heavy (non-hydrogen) atoms. The first-order chi connectivity index (χ1) is 13.6. The SMILES string of the molecule is NC(=O)C1(NC(=O)N[C@H](Cc2ccccc2)c2ccccc2)CCCCCC1. The Bertz CT molecular complexity index is 769. The van der Waals surface area contributed by atoms with Gasteiger partial charge in [-0.15, -0.1) is 0 Å². The lowest BCUT2D eigenvalue weighted by Crippen LogP contribution is -2.59. The van der Waals surface area contributed by atoms with Crippen molar-refractivity contribution in [2.75, 3.05) is 0 Å². The minimum Gasteiger partial charge on any atom is -0.368 e. The molecule has 1 aliphatic rings. The second-order valence-electron chi connectivity index (χ2n) is 7.61. The van der Waals surface area contributed by atoms with Gasteiger partial charge in [0.05, 0.1) is 6.04 Å². The lowest BCUT2D eigenvalue weighted by atomic mass is 9.89. The summed E-state index contributed by atoms with van der Waals surface area (Å²) in [7, 11) is 0. The molecule has 3 rings (SSSR count). The standard InChI is InChI=1S/C23H29N3O2/c24-21(27)23(15-9-1-2-10-16-23)26-22(28)25-20(19-13-7-4-8-14-19)17-18-11-5-3-6-12-18/h3-8,11-14,20H,1-2,9-10,15-17H2,(H2,24,27)(H2,25,26,28)/t20-/m1/s1. The highest BCUT2D eigenvalue weighted by atomic mass is 16.2. The van der Waals surface area contributed by atoms with E-state index in [1.165, 1.54) is 0 Å². The molecule has 1 fully saturated rings. The molecule has 2 aromatic rings. The van der Waals surface area contributed by atoms with E-state index in [2.05, 4.69) is 10.6 Å². The van der Waals surface area contributed by atoms with E-state index in [0.717, 1.165) is 36.8 Å². The Labute approximate surface area is 166 Å². The van der Waals surface area contributed by atoms with Gasteiger partial charge in [-0.2, -0.15) is 0 Å². The second-order valence-corrected chi connectivity index (χ2v) is 7.61. The van der Waals surface area contributed by atoms with Crippen molar-refractivity contribution in [3.63, 3.8) is 0 Å². The average Bonchev–Trinajstić information content (AvgIpc) is 2.95. The number of hydrogen-bond acceptors (Lipinski definition) is 2. The van der Waals surface area contributed by atoms with Crippen molar-refractivity contribution < 1.29 is 9.59 Å². The van der Waals surface area contributed by atoms with Gasteiger partial charge in [0.25, 0.3) is 0 Å². The number of primary amides is 1. The molecule has 5 nitrogen and oxygen atoms in total. The molecule has 148 valence electrons. The smallest absolute Gasteiger partial charge is 0.316 e. The fourth-order valence-corrected chi connectivity index (χ4v) is 3.96. The van der Waals surface area contributed by atoms with Crippen molar-refractivity contribution in [1.82, 2.24) is 10.6 Å². The number of nitrogens with two attached hydrogens (primary N) is 1. The maximum Gasteiger partial charge on any atom is 0.316 e. The molecular weight excluding hydrogens is 350 g/mol. The summed E-state index contributed by atoms with van der Waals surface area (Å²) in [4.78, 5) is 25.1. The van der Waals surface area contributed by atoms with Crippen LogP contribution in [-0.2, 0) is 11.2 Å². The highest BCUT2D eigenvalue weighted by Crippen LogP contribution is 2.27. The summed E-state index contributed by atoms with van der Waals surface area (Å²) in [6.07, 6.45) is 5.80. The van der Waals surface area contributed by atoms with Gasteiger partial charge < -0.3 is 16.4 Å². The van der Waals surface area contributed by atoms with E-state index >= 15 is 0 Å². The van der Waals surface area contributed by atoms with Crippen LogP contribution in [0.25, 0.3) is 0 Å². The van der Waals surface area contributed by atoms with Gasteiger partial charge in [-0.3, -0.25) is 4.79 Å². The highest BCUT2D eigenvalue weighted by molar-refractivity contribution is 5.90. The van der Waals surface area contributed by atoms with Crippen molar-refractivity contribution in [2.24, 2.45) is 5.73 Å². The van der Waals surface area contributed by atoms with Crippen molar-refractivity contribution >= 4 is 11.9 Å². The Morgan fingerprint density at radius 1 is 0.893 bits per heavy atom.